The maximum absolute atomic E-state index is 5.93. The molecule has 94 valence electrons. The van der Waals surface area contributed by atoms with Gasteiger partial charge < -0.3 is 10.6 Å². The van der Waals surface area contributed by atoms with Crippen molar-refractivity contribution in [3.05, 3.63) is 34.3 Å². The molecular formula is C14H21BrN2. The molecule has 1 heterocycles. The van der Waals surface area contributed by atoms with Crippen LogP contribution in [0.5, 0.6) is 0 Å². The van der Waals surface area contributed by atoms with Crippen LogP contribution in [0.15, 0.2) is 28.7 Å². The van der Waals surface area contributed by atoms with Crippen molar-refractivity contribution in [2.45, 2.75) is 38.3 Å². The lowest BCUT2D eigenvalue weighted by Gasteiger charge is -2.34. The monoisotopic (exact) mass is 296 g/mol. The van der Waals surface area contributed by atoms with Crippen molar-refractivity contribution in [3.8, 4) is 0 Å². The van der Waals surface area contributed by atoms with Crippen LogP contribution >= 0.6 is 15.9 Å². The Kier molecular flexibility index (Phi) is 4.60. The second-order valence-corrected chi connectivity index (χ2v) is 5.97. The van der Waals surface area contributed by atoms with Crippen molar-refractivity contribution in [2.24, 2.45) is 5.73 Å². The summed E-state index contributed by atoms with van der Waals surface area (Å²) in [7, 11) is 0. The molecule has 1 aliphatic rings. The van der Waals surface area contributed by atoms with Crippen LogP contribution in [-0.2, 0) is 6.42 Å². The van der Waals surface area contributed by atoms with Crippen LogP contribution in [0.1, 0.15) is 25.3 Å². The number of rotatable bonds is 3. The maximum atomic E-state index is 5.93. The van der Waals surface area contributed by atoms with Gasteiger partial charge >= 0.3 is 0 Å². The van der Waals surface area contributed by atoms with Crippen LogP contribution < -0.4 is 5.73 Å². The molecule has 2 nitrogen and oxygen atoms in total. The van der Waals surface area contributed by atoms with Crippen LogP contribution in [0.25, 0.3) is 0 Å². The van der Waals surface area contributed by atoms with Gasteiger partial charge in [-0.25, -0.2) is 0 Å². The molecule has 0 bridgehead atoms. The van der Waals surface area contributed by atoms with E-state index in [0.717, 1.165) is 36.8 Å². The van der Waals surface area contributed by atoms with Crippen LogP contribution in [0.3, 0.4) is 0 Å². The van der Waals surface area contributed by atoms with Gasteiger partial charge in [0.1, 0.15) is 0 Å². The fourth-order valence-corrected chi connectivity index (χ4v) is 2.72. The van der Waals surface area contributed by atoms with E-state index in [1.54, 1.807) is 0 Å². The molecule has 1 aromatic rings. The summed E-state index contributed by atoms with van der Waals surface area (Å²) in [5.74, 6) is 0. The van der Waals surface area contributed by atoms with Gasteiger partial charge in [-0.3, -0.25) is 0 Å². The van der Waals surface area contributed by atoms with E-state index in [-0.39, 0.29) is 0 Å². The molecule has 0 aromatic heterocycles. The summed E-state index contributed by atoms with van der Waals surface area (Å²) >= 11 is 3.47. The van der Waals surface area contributed by atoms with Gasteiger partial charge in [-0.2, -0.15) is 0 Å². The summed E-state index contributed by atoms with van der Waals surface area (Å²) in [5.41, 5.74) is 7.35. The van der Waals surface area contributed by atoms with E-state index in [0.29, 0.717) is 12.1 Å². The molecule has 1 atom stereocenters. The highest BCUT2D eigenvalue weighted by molar-refractivity contribution is 9.10. The van der Waals surface area contributed by atoms with Crippen molar-refractivity contribution in [1.29, 1.82) is 0 Å². The smallest absolute Gasteiger partial charge is 0.0175 e. The Morgan fingerprint density at radius 3 is 2.47 bits per heavy atom. The van der Waals surface area contributed by atoms with E-state index >= 15 is 0 Å². The molecule has 0 aliphatic carbocycles. The van der Waals surface area contributed by atoms with Crippen molar-refractivity contribution in [3.63, 3.8) is 0 Å². The fraction of sp³-hybridized carbons (Fsp3) is 0.571. The first-order valence-corrected chi connectivity index (χ1v) is 7.18. The second-order valence-electron chi connectivity index (χ2n) is 5.05. The lowest BCUT2D eigenvalue weighted by atomic mass is 10.0. The number of nitrogens with two attached hydrogens (primary N) is 1. The number of benzene rings is 1. The predicted molar refractivity (Wildman–Crippen MR) is 76.1 cm³/mol. The van der Waals surface area contributed by atoms with Gasteiger partial charge in [0.05, 0.1) is 0 Å². The van der Waals surface area contributed by atoms with Crippen molar-refractivity contribution >= 4 is 15.9 Å². The van der Waals surface area contributed by atoms with Gasteiger partial charge in [-0.1, -0.05) is 28.1 Å². The molecule has 1 aromatic carbocycles. The molecule has 0 amide bonds. The number of likely N-dealkylation sites (tertiary alicyclic amines) is 1. The molecule has 1 fully saturated rings. The Hall–Kier alpha value is -0.380. The SMILES string of the molecule is CC(Cc1ccc(Br)cc1)N1CCC(N)CC1. The average Bonchev–Trinajstić information content (AvgIpc) is 2.33. The van der Waals surface area contributed by atoms with E-state index in [2.05, 4.69) is 52.0 Å². The topological polar surface area (TPSA) is 29.3 Å². The van der Waals surface area contributed by atoms with Gasteiger partial charge in [0, 0.05) is 16.6 Å². The zero-order valence-electron chi connectivity index (χ0n) is 10.4. The highest BCUT2D eigenvalue weighted by Gasteiger charge is 2.20. The molecule has 0 saturated carbocycles. The second kappa shape index (κ2) is 5.98. The summed E-state index contributed by atoms with van der Waals surface area (Å²) in [6.07, 6.45) is 3.41. The lowest BCUT2D eigenvalue weighted by molar-refractivity contribution is 0.162. The Morgan fingerprint density at radius 2 is 1.88 bits per heavy atom. The molecule has 2 N–H and O–H groups in total. The molecule has 3 heteroatoms. The molecule has 1 aliphatic heterocycles. The number of piperidine rings is 1. The molecule has 1 unspecified atom stereocenters. The van der Waals surface area contributed by atoms with Gasteiger partial charge in [0.2, 0.25) is 0 Å². The van der Waals surface area contributed by atoms with E-state index in [1.807, 2.05) is 0 Å². The number of nitrogens with zero attached hydrogens (tertiary/aromatic N) is 1. The third-order valence-corrected chi connectivity index (χ3v) is 4.17. The average molecular weight is 297 g/mol. The number of hydrogen-bond acceptors (Lipinski definition) is 2. The minimum atomic E-state index is 0.422. The Balaban J connectivity index is 1.88. The fourth-order valence-electron chi connectivity index (χ4n) is 2.45. The van der Waals surface area contributed by atoms with E-state index in [9.17, 15) is 0 Å². The zero-order chi connectivity index (χ0) is 12.3. The van der Waals surface area contributed by atoms with Crippen molar-refractivity contribution in [1.82, 2.24) is 4.90 Å². The first-order chi connectivity index (χ1) is 8.15. The highest BCUT2D eigenvalue weighted by Crippen LogP contribution is 2.16. The van der Waals surface area contributed by atoms with Crippen molar-refractivity contribution in [2.75, 3.05) is 13.1 Å². The summed E-state index contributed by atoms with van der Waals surface area (Å²) < 4.78 is 1.15. The Morgan fingerprint density at radius 1 is 1.29 bits per heavy atom. The molecule has 1 saturated heterocycles. The lowest BCUT2D eigenvalue weighted by Crippen LogP contribution is -2.44. The highest BCUT2D eigenvalue weighted by atomic mass is 79.9. The van der Waals surface area contributed by atoms with Gasteiger partial charge in [0.25, 0.3) is 0 Å². The van der Waals surface area contributed by atoms with E-state index in [4.69, 9.17) is 5.73 Å². The predicted octanol–water partition coefficient (Wildman–Crippen LogP) is 2.80. The molecule has 17 heavy (non-hydrogen) atoms. The van der Waals surface area contributed by atoms with Crippen LogP contribution in [0.4, 0.5) is 0 Å². The summed E-state index contributed by atoms with van der Waals surface area (Å²) in [6, 6.07) is 9.68. The molecule has 0 radical (unpaired) electrons. The van der Waals surface area contributed by atoms with E-state index < -0.39 is 0 Å². The Bertz CT molecular complexity index is 342. The minimum Gasteiger partial charge on any atom is -0.328 e. The van der Waals surface area contributed by atoms with Crippen LogP contribution in [0.2, 0.25) is 0 Å². The quantitative estimate of drug-likeness (QED) is 0.929. The zero-order valence-corrected chi connectivity index (χ0v) is 12.0. The van der Waals surface area contributed by atoms with Gasteiger partial charge in [-0.15, -0.1) is 0 Å². The van der Waals surface area contributed by atoms with E-state index in [1.165, 1.54) is 5.56 Å². The third-order valence-electron chi connectivity index (χ3n) is 3.64. The normalized spacial score (nSPS) is 20.4. The third kappa shape index (κ3) is 3.80. The largest absolute Gasteiger partial charge is 0.328 e. The number of halogens is 1. The van der Waals surface area contributed by atoms with Crippen LogP contribution in [-0.4, -0.2) is 30.1 Å². The minimum absolute atomic E-state index is 0.422. The Labute approximate surface area is 112 Å². The molecule has 2 rings (SSSR count). The summed E-state index contributed by atoms with van der Waals surface area (Å²) in [6.45, 7) is 4.62. The first-order valence-electron chi connectivity index (χ1n) is 6.39. The molecule has 0 spiro atoms. The van der Waals surface area contributed by atoms with Gasteiger partial charge in [-0.05, 0) is 57.0 Å². The summed E-state index contributed by atoms with van der Waals surface area (Å²) in [5, 5.41) is 0. The standard InChI is InChI=1S/C14H21BrN2/c1-11(17-8-6-14(16)7-9-17)10-12-2-4-13(15)5-3-12/h2-5,11,14H,6-10,16H2,1H3. The number of hydrogen-bond donors (Lipinski definition) is 1. The maximum Gasteiger partial charge on any atom is 0.0175 e. The van der Waals surface area contributed by atoms with Crippen LogP contribution in [0, 0.1) is 0 Å². The summed E-state index contributed by atoms with van der Waals surface area (Å²) in [4.78, 5) is 2.56. The first kappa shape index (κ1) is 13.1. The van der Waals surface area contributed by atoms with Crippen molar-refractivity contribution < 1.29 is 0 Å². The van der Waals surface area contributed by atoms with Gasteiger partial charge in [0.15, 0.2) is 0 Å². The molecular weight excluding hydrogens is 276 g/mol.